The second-order valence-corrected chi connectivity index (χ2v) is 2.78. The van der Waals surface area contributed by atoms with Crippen LogP contribution in [0.1, 0.15) is 13.3 Å². The van der Waals surface area contributed by atoms with Gasteiger partial charge >= 0.3 is 0 Å². The Morgan fingerprint density at radius 3 is 3.00 bits per heavy atom. The molecule has 0 radical (unpaired) electrons. The van der Waals surface area contributed by atoms with E-state index in [4.69, 9.17) is 5.73 Å². The molecule has 1 amide bonds. The van der Waals surface area contributed by atoms with Gasteiger partial charge in [0.2, 0.25) is 0 Å². The van der Waals surface area contributed by atoms with Crippen LogP contribution in [-0.4, -0.2) is 17.9 Å². The molecule has 0 atom stereocenters. The van der Waals surface area contributed by atoms with Crippen LogP contribution in [0.5, 0.6) is 0 Å². The van der Waals surface area contributed by atoms with E-state index in [1.807, 2.05) is 13.0 Å². The molecule has 68 valence electrons. The monoisotopic (exact) mass is 176 g/mol. The van der Waals surface area contributed by atoms with Crippen molar-refractivity contribution in [2.75, 3.05) is 7.05 Å². The Balaban J connectivity index is 3.04. The molecule has 13 heavy (non-hydrogen) atoms. The highest BCUT2D eigenvalue weighted by Crippen LogP contribution is 2.13. The highest BCUT2D eigenvalue weighted by Gasteiger charge is 2.12. The predicted molar refractivity (Wildman–Crippen MR) is 51.2 cm³/mol. The van der Waals surface area contributed by atoms with E-state index < -0.39 is 5.91 Å². The summed E-state index contributed by atoms with van der Waals surface area (Å²) in [5, 5.41) is 0. The van der Waals surface area contributed by atoms with Crippen LogP contribution in [0.15, 0.2) is 23.4 Å². The maximum absolute atomic E-state index is 11.0. The second kappa shape index (κ2) is 3.81. The van der Waals surface area contributed by atoms with E-state index in [2.05, 4.69) is 12.0 Å². The summed E-state index contributed by atoms with van der Waals surface area (Å²) in [5.41, 5.74) is 6.43. The minimum absolute atomic E-state index is 0.430. The first kappa shape index (κ1) is 9.40. The maximum Gasteiger partial charge on any atom is 0.251 e. The van der Waals surface area contributed by atoms with Crippen LogP contribution < -0.4 is 5.73 Å². The Morgan fingerprint density at radius 2 is 2.46 bits per heavy atom. The Bertz CT molecular complexity index is 342. The van der Waals surface area contributed by atoms with Gasteiger partial charge in [-0.15, -0.1) is 0 Å². The van der Waals surface area contributed by atoms with E-state index >= 15 is 0 Å². The normalized spacial score (nSPS) is 17.8. The lowest BCUT2D eigenvalue weighted by molar-refractivity contribution is -0.114. The molecule has 0 unspecified atom stereocenters. The van der Waals surface area contributed by atoms with E-state index in [0.29, 0.717) is 5.57 Å². The van der Waals surface area contributed by atoms with Gasteiger partial charge < -0.3 is 10.6 Å². The number of amides is 1. The van der Waals surface area contributed by atoms with E-state index in [1.54, 1.807) is 18.1 Å². The maximum atomic E-state index is 11.0. The van der Waals surface area contributed by atoms with Gasteiger partial charge in [0.25, 0.3) is 5.91 Å². The van der Waals surface area contributed by atoms with Crippen LogP contribution in [-0.2, 0) is 4.79 Å². The summed E-state index contributed by atoms with van der Waals surface area (Å²) in [7, 11) is 1.78. The van der Waals surface area contributed by atoms with Gasteiger partial charge in [0.05, 0.1) is 5.57 Å². The van der Waals surface area contributed by atoms with Gasteiger partial charge in [0.1, 0.15) is 0 Å². The highest BCUT2D eigenvalue weighted by molar-refractivity contribution is 5.98. The first-order chi connectivity index (χ1) is 6.15. The molecule has 0 aromatic rings. The number of hydrogen-bond donors (Lipinski definition) is 1. The molecular formula is C10H12N2O. The molecule has 1 aliphatic heterocycles. The van der Waals surface area contributed by atoms with Gasteiger partial charge in [-0.1, -0.05) is 13.0 Å². The molecular weight excluding hydrogens is 164 g/mol. The molecule has 3 heteroatoms. The first-order valence-electron chi connectivity index (χ1n) is 4.11. The zero-order chi connectivity index (χ0) is 9.84. The van der Waals surface area contributed by atoms with Crippen molar-refractivity contribution < 1.29 is 4.79 Å². The molecule has 0 bridgehead atoms. The molecule has 0 spiro atoms. The summed E-state index contributed by atoms with van der Waals surface area (Å²) < 4.78 is 0. The van der Waals surface area contributed by atoms with Crippen LogP contribution in [0, 0.1) is 12.0 Å². The fourth-order valence-electron chi connectivity index (χ4n) is 1.07. The van der Waals surface area contributed by atoms with Crippen molar-refractivity contribution in [3.8, 4) is 12.0 Å². The molecule has 0 aliphatic carbocycles. The number of rotatable bonds is 2. The Hall–Kier alpha value is -1.69. The number of hydrogen-bond acceptors (Lipinski definition) is 2. The number of carbonyl (C=O) groups is 1. The molecule has 0 saturated heterocycles. The third kappa shape index (κ3) is 2.12. The third-order valence-electron chi connectivity index (χ3n) is 1.65. The van der Waals surface area contributed by atoms with Crippen molar-refractivity contribution in [3.05, 3.63) is 23.4 Å². The van der Waals surface area contributed by atoms with Gasteiger partial charge in [-0.2, -0.15) is 0 Å². The summed E-state index contributed by atoms with van der Waals surface area (Å²) in [6.07, 6.45) is 4.40. The van der Waals surface area contributed by atoms with Crippen LogP contribution in [0.3, 0.4) is 0 Å². The number of allylic oxidation sites excluding steroid dienone is 1. The number of carbonyl (C=O) groups excluding carboxylic acids is 1. The molecule has 0 aromatic heterocycles. The van der Waals surface area contributed by atoms with Gasteiger partial charge in [-0.25, -0.2) is 0 Å². The van der Waals surface area contributed by atoms with E-state index in [1.165, 1.54) is 0 Å². The van der Waals surface area contributed by atoms with Crippen molar-refractivity contribution in [1.29, 1.82) is 0 Å². The average Bonchev–Trinajstić information content (AvgIpc) is 2.08. The van der Waals surface area contributed by atoms with Crippen molar-refractivity contribution in [2.24, 2.45) is 5.73 Å². The molecule has 2 N–H and O–H groups in total. The lowest BCUT2D eigenvalue weighted by Gasteiger charge is -2.12. The smallest absolute Gasteiger partial charge is 0.251 e. The van der Waals surface area contributed by atoms with Crippen LogP contribution in [0.25, 0.3) is 0 Å². The lowest BCUT2D eigenvalue weighted by atomic mass is 10.0. The summed E-state index contributed by atoms with van der Waals surface area (Å²) in [6, 6.07) is 2.83. The van der Waals surface area contributed by atoms with Crippen molar-refractivity contribution >= 4 is 5.91 Å². The molecule has 1 aliphatic rings. The van der Waals surface area contributed by atoms with Crippen molar-refractivity contribution in [2.45, 2.75) is 13.3 Å². The lowest BCUT2D eigenvalue weighted by Crippen LogP contribution is -2.20. The molecule has 3 nitrogen and oxygen atoms in total. The largest absolute Gasteiger partial charge is 0.366 e. The number of nitrogens with zero attached hydrogens (tertiary/aromatic N) is 1. The number of primary amides is 1. The minimum Gasteiger partial charge on any atom is -0.366 e. The van der Waals surface area contributed by atoms with Gasteiger partial charge in [-0.05, 0) is 12.3 Å². The van der Waals surface area contributed by atoms with Gasteiger partial charge in [-0.3, -0.25) is 4.79 Å². The summed E-state index contributed by atoms with van der Waals surface area (Å²) in [5.74, 6) is 2.44. The predicted octanol–water partition coefficient (Wildman–Crippen LogP) is 0.598. The van der Waals surface area contributed by atoms with Crippen LogP contribution >= 0.6 is 0 Å². The fraction of sp³-hybridized carbons (Fsp3) is 0.300. The highest BCUT2D eigenvalue weighted by atomic mass is 16.1. The molecule has 0 aromatic carbocycles. The van der Waals surface area contributed by atoms with Crippen LogP contribution in [0.4, 0.5) is 0 Å². The number of nitrogens with two attached hydrogens (primary N) is 1. The quantitative estimate of drug-likeness (QED) is 0.626. The Morgan fingerprint density at radius 1 is 1.77 bits per heavy atom. The van der Waals surface area contributed by atoms with E-state index in [0.717, 1.165) is 12.0 Å². The van der Waals surface area contributed by atoms with Crippen molar-refractivity contribution in [1.82, 2.24) is 4.90 Å². The zero-order valence-corrected chi connectivity index (χ0v) is 7.79. The molecule has 1 rings (SSSR count). The third-order valence-corrected chi connectivity index (χ3v) is 1.65. The average molecular weight is 176 g/mol. The topological polar surface area (TPSA) is 46.3 Å². The Labute approximate surface area is 77.9 Å². The zero-order valence-electron chi connectivity index (χ0n) is 7.79. The standard InChI is InChI=1S/C10H12N2O/c1-3-4-8-5-6-12(2)7-9(8)10(11)13/h4,7H,3H2,1-2H3,(H2,11,13)/b8-4-. The molecule has 1 heterocycles. The second-order valence-electron chi connectivity index (χ2n) is 2.78. The Kier molecular flexibility index (Phi) is 2.76. The van der Waals surface area contributed by atoms with E-state index in [9.17, 15) is 4.79 Å². The summed E-state index contributed by atoms with van der Waals surface area (Å²) >= 11 is 0. The van der Waals surface area contributed by atoms with Gasteiger partial charge in [0, 0.05) is 24.9 Å². The fourth-order valence-corrected chi connectivity index (χ4v) is 1.07. The summed E-state index contributed by atoms with van der Waals surface area (Å²) in [4.78, 5) is 12.6. The first-order valence-corrected chi connectivity index (χ1v) is 4.11. The van der Waals surface area contributed by atoms with Crippen LogP contribution in [0.2, 0.25) is 0 Å². The SMILES string of the molecule is CC/C=C1/C#CN(C)C=C1C(N)=O. The molecule has 0 saturated carbocycles. The summed E-state index contributed by atoms with van der Waals surface area (Å²) in [6.45, 7) is 1.99. The van der Waals surface area contributed by atoms with E-state index in [-0.39, 0.29) is 0 Å². The minimum atomic E-state index is -0.430. The van der Waals surface area contributed by atoms with Gasteiger partial charge in [0.15, 0.2) is 0 Å². The van der Waals surface area contributed by atoms with Crippen molar-refractivity contribution in [3.63, 3.8) is 0 Å². The molecule has 0 fully saturated rings.